The molecule has 2 atom stereocenters. The molecule has 4 aromatic rings. The van der Waals surface area contributed by atoms with Gasteiger partial charge in [0.25, 0.3) is 11.8 Å². The summed E-state index contributed by atoms with van der Waals surface area (Å²) < 4.78 is 38.2. The van der Waals surface area contributed by atoms with E-state index in [1.165, 1.54) is 19.1 Å². The molecule has 0 radical (unpaired) electrons. The number of aliphatic hydroxyl groups excluding tert-OH is 1. The highest BCUT2D eigenvalue weighted by atomic mass is 33.1. The topological polar surface area (TPSA) is 139 Å². The number of esters is 1. The second-order valence-corrected chi connectivity index (χ2v) is 14.1. The smallest absolute Gasteiger partial charge is 0.359 e. The minimum atomic E-state index is -4.11. The van der Waals surface area contributed by atoms with Crippen LogP contribution in [0.5, 0.6) is 5.75 Å². The molecule has 1 aliphatic heterocycles. The third kappa shape index (κ3) is 7.41. The molecule has 0 saturated carbocycles. The molecule has 0 bridgehead atoms. The van der Waals surface area contributed by atoms with Crippen LogP contribution in [0.2, 0.25) is 0 Å². The molecule has 10 nitrogen and oxygen atoms in total. The van der Waals surface area contributed by atoms with Crippen molar-refractivity contribution in [2.45, 2.75) is 29.3 Å². The second kappa shape index (κ2) is 14.4. The Bertz CT molecular complexity index is 1780. The van der Waals surface area contributed by atoms with Gasteiger partial charge in [-0.25, -0.2) is 13.2 Å². The van der Waals surface area contributed by atoms with E-state index < -0.39 is 62.2 Å². The minimum absolute atomic E-state index is 0.0427. The van der Waals surface area contributed by atoms with Crippen molar-refractivity contribution in [1.82, 2.24) is 10.2 Å². The fraction of sp³-hybridized carbons (Fsp3) is 0.147. The van der Waals surface area contributed by atoms with E-state index in [-0.39, 0.29) is 4.90 Å². The summed E-state index contributed by atoms with van der Waals surface area (Å²) in [5, 5.41) is 11.9. The summed E-state index contributed by atoms with van der Waals surface area (Å²) >= 11 is 0. The molecular formula is C34H30N2O8S2. The SMILES string of the molecule is C/C(O)=C(/C(=O)OC(c1ccccc1)c1ccccc1)N1C(=O)C(NC(=O)COc2ccccc2)C1SS(=O)(=O)c1ccccc1. The van der Waals surface area contributed by atoms with E-state index in [1.807, 2.05) is 12.1 Å². The largest absolute Gasteiger partial charge is 0.510 e. The first kappa shape index (κ1) is 32.3. The van der Waals surface area contributed by atoms with Gasteiger partial charge in [-0.2, -0.15) is 0 Å². The summed E-state index contributed by atoms with van der Waals surface area (Å²) in [6, 6.07) is 32.5. The molecular weight excluding hydrogens is 629 g/mol. The Hall–Kier alpha value is -5.07. The van der Waals surface area contributed by atoms with Gasteiger partial charge in [0.2, 0.25) is 8.87 Å². The highest BCUT2D eigenvalue weighted by molar-refractivity contribution is 8.72. The molecule has 0 aromatic heterocycles. The van der Waals surface area contributed by atoms with Gasteiger partial charge in [-0.3, -0.25) is 14.5 Å². The summed E-state index contributed by atoms with van der Waals surface area (Å²) in [6.45, 7) is 0.743. The van der Waals surface area contributed by atoms with Gasteiger partial charge >= 0.3 is 5.97 Å². The summed E-state index contributed by atoms with van der Waals surface area (Å²) in [4.78, 5) is 41.0. The molecule has 1 saturated heterocycles. The fourth-order valence-electron chi connectivity index (χ4n) is 4.75. The van der Waals surface area contributed by atoms with Crippen LogP contribution in [-0.4, -0.2) is 54.2 Å². The van der Waals surface area contributed by atoms with Gasteiger partial charge in [-0.05, 0) is 42.3 Å². The van der Waals surface area contributed by atoms with Gasteiger partial charge < -0.3 is 19.9 Å². The van der Waals surface area contributed by atoms with Crippen molar-refractivity contribution in [2.24, 2.45) is 0 Å². The monoisotopic (exact) mass is 658 g/mol. The minimum Gasteiger partial charge on any atom is -0.510 e. The molecule has 1 aliphatic rings. The molecule has 5 rings (SSSR count). The number of nitrogens with one attached hydrogen (secondary N) is 1. The van der Waals surface area contributed by atoms with E-state index in [9.17, 15) is 27.9 Å². The standard InChI is InChI=1S/C34H30N2O8S2/c1-23(37)30(34(40)44-31(24-14-6-2-7-15-24)25-16-8-3-9-17-25)36-32(39)29(35-28(38)22-43-26-18-10-4-11-19-26)33(36)45-46(41,42)27-20-12-5-13-21-27/h2-21,29,31,33,37H,22H2,1H3,(H,35,38)/b30-23+. The number of carbonyl (C=O) groups excluding carboxylic acids is 3. The van der Waals surface area contributed by atoms with E-state index in [0.717, 1.165) is 4.90 Å². The van der Waals surface area contributed by atoms with Crippen LogP contribution in [0.1, 0.15) is 24.2 Å². The first-order chi connectivity index (χ1) is 22.2. The Morgan fingerprint density at radius 1 is 0.848 bits per heavy atom. The number of β-lactam (4-membered cyclic amide) rings is 1. The molecule has 4 aromatic carbocycles. The van der Waals surface area contributed by atoms with Gasteiger partial charge in [-0.1, -0.05) is 97.1 Å². The maximum Gasteiger partial charge on any atom is 0.359 e. The predicted molar refractivity (Wildman–Crippen MR) is 172 cm³/mol. The third-order valence-electron chi connectivity index (χ3n) is 6.94. The van der Waals surface area contributed by atoms with Crippen LogP contribution in [-0.2, 0) is 28.0 Å². The number of hydrogen-bond acceptors (Lipinski definition) is 9. The summed E-state index contributed by atoms with van der Waals surface area (Å²) in [5.41, 5.74) is 0.717. The number of ether oxygens (including phenoxy) is 2. The zero-order valence-electron chi connectivity index (χ0n) is 24.6. The highest BCUT2D eigenvalue weighted by Crippen LogP contribution is 2.41. The van der Waals surface area contributed by atoms with Gasteiger partial charge in [0, 0.05) is 10.8 Å². The number of benzene rings is 4. The average Bonchev–Trinajstić information content (AvgIpc) is 3.08. The van der Waals surface area contributed by atoms with E-state index in [2.05, 4.69) is 5.32 Å². The number of likely N-dealkylation sites (tertiary alicyclic amines) is 1. The van der Waals surface area contributed by atoms with E-state index in [0.29, 0.717) is 27.7 Å². The maximum atomic E-state index is 13.8. The molecule has 236 valence electrons. The lowest BCUT2D eigenvalue weighted by Gasteiger charge is -2.46. The number of nitrogens with zero attached hydrogens (tertiary/aromatic N) is 1. The van der Waals surface area contributed by atoms with Gasteiger partial charge in [0.05, 0.1) is 4.90 Å². The number of aliphatic hydroxyl groups is 1. The van der Waals surface area contributed by atoms with Crippen LogP contribution in [0, 0.1) is 0 Å². The average molecular weight is 659 g/mol. The third-order valence-corrected chi connectivity index (χ3v) is 10.6. The highest BCUT2D eigenvalue weighted by Gasteiger charge is 2.55. The van der Waals surface area contributed by atoms with E-state index in [1.54, 1.807) is 97.1 Å². The molecule has 1 fully saturated rings. The van der Waals surface area contributed by atoms with Crippen LogP contribution < -0.4 is 10.1 Å². The number of allylic oxidation sites excluding steroid dienone is 1. The Kier molecular flexibility index (Phi) is 10.1. The first-order valence-electron chi connectivity index (χ1n) is 14.1. The summed E-state index contributed by atoms with van der Waals surface area (Å²) in [5.74, 6) is -2.71. The van der Waals surface area contributed by atoms with Crippen molar-refractivity contribution >= 4 is 37.4 Å². The van der Waals surface area contributed by atoms with Gasteiger partial charge in [-0.15, -0.1) is 0 Å². The second-order valence-electron chi connectivity index (χ2n) is 10.1. The zero-order valence-corrected chi connectivity index (χ0v) is 26.2. The van der Waals surface area contributed by atoms with Crippen molar-refractivity contribution in [3.05, 3.63) is 144 Å². The Morgan fingerprint density at radius 3 is 1.87 bits per heavy atom. The maximum absolute atomic E-state index is 13.8. The Morgan fingerprint density at radius 2 is 1.35 bits per heavy atom. The molecule has 46 heavy (non-hydrogen) atoms. The summed E-state index contributed by atoms with van der Waals surface area (Å²) in [6.07, 6.45) is -0.912. The van der Waals surface area contributed by atoms with Crippen molar-refractivity contribution in [1.29, 1.82) is 0 Å². The van der Waals surface area contributed by atoms with Crippen molar-refractivity contribution in [3.63, 3.8) is 0 Å². The Balaban J connectivity index is 1.43. The number of hydrogen-bond donors (Lipinski definition) is 2. The quantitative estimate of drug-likeness (QED) is 0.0711. The number of amides is 2. The lowest BCUT2D eigenvalue weighted by molar-refractivity contribution is -0.155. The van der Waals surface area contributed by atoms with Crippen LogP contribution >= 0.6 is 10.8 Å². The van der Waals surface area contributed by atoms with Crippen LogP contribution in [0.3, 0.4) is 0 Å². The van der Waals surface area contributed by atoms with Crippen molar-refractivity contribution < 1.29 is 37.4 Å². The number of rotatable bonds is 12. The van der Waals surface area contributed by atoms with E-state index >= 15 is 0 Å². The molecule has 2 N–H and O–H groups in total. The van der Waals surface area contributed by atoms with Gasteiger partial charge in [0.15, 0.2) is 18.4 Å². The number of carbonyl (C=O) groups is 3. The van der Waals surface area contributed by atoms with Crippen LogP contribution in [0.15, 0.2) is 138 Å². The molecule has 2 unspecified atom stereocenters. The fourth-order valence-corrected chi connectivity index (χ4v) is 8.24. The lowest BCUT2D eigenvalue weighted by Crippen LogP contribution is -2.70. The zero-order chi connectivity index (χ0) is 32.7. The molecule has 2 amide bonds. The normalized spacial score (nSPS) is 16.7. The van der Waals surface area contributed by atoms with Crippen molar-refractivity contribution in [2.75, 3.05) is 6.61 Å². The molecule has 0 spiro atoms. The molecule has 0 aliphatic carbocycles. The van der Waals surface area contributed by atoms with Crippen LogP contribution in [0.4, 0.5) is 0 Å². The lowest BCUT2D eigenvalue weighted by atomic mass is 10.0. The molecule has 1 heterocycles. The van der Waals surface area contributed by atoms with Crippen molar-refractivity contribution in [3.8, 4) is 5.75 Å². The first-order valence-corrected chi connectivity index (χ1v) is 17.0. The number of para-hydroxylation sites is 1. The van der Waals surface area contributed by atoms with Crippen LogP contribution in [0.25, 0.3) is 0 Å². The summed E-state index contributed by atoms with van der Waals surface area (Å²) in [7, 11) is -3.75. The molecule has 12 heteroatoms. The predicted octanol–water partition coefficient (Wildman–Crippen LogP) is 4.96. The Labute approximate surface area is 270 Å². The van der Waals surface area contributed by atoms with E-state index in [4.69, 9.17) is 9.47 Å². The van der Waals surface area contributed by atoms with Gasteiger partial charge in [0.1, 0.15) is 22.9 Å².